The van der Waals surface area contributed by atoms with Crippen LogP contribution in [0.25, 0.3) is 0 Å². The molecule has 0 fully saturated rings. The van der Waals surface area contributed by atoms with Gasteiger partial charge in [-0.25, -0.2) is 0 Å². The van der Waals surface area contributed by atoms with Crippen molar-refractivity contribution in [3.63, 3.8) is 0 Å². The molecule has 0 radical (unpaired) electrons. The Bertz CT molecular complexity index is 586. The number of hydrogen-bond acceptors (Lipinski definition) is 2. The first-order valence-corrected chi connectivity index (χ1v) is 7.68. The van der Waals surface area contributed by atoms with Crippen LogP contribution >= 0.6 is 27.5 Å². The highest BCUT2D eigenvalue weighted by Crippen LogP contribution is 2.33. The molecule has 106 valence electrons. The van der Waals surface area contributed by atoms with E-state index in [-0.39, 0.29) is 0 Å². The van der Waals surface area contributed by atoms with Crippen LogP contribution in [0.3, 0.4) is 0 Å². The summed E-state index contributed by atoms with van der Waals surface area (Å²) < 4.78 is 6.90. The molecule has 0 aromatic heterocycles. The molecular formula is C16H17BrClNO. The first-order valence-electron chi connectivity index (χ1n) is 6.51. The van der Waals surface area contributed by atoms with Gasteiger partial charge >= 0.3 is 0 Å². The van der Waals surface area contributed by atoms with Gasteiger partial charge in [-0.05, 0) is 40.2 Å². The van der Waals surface area contributed by atoms with E-state index in [1.54, 1.807) is 0 Å². The predicted octanol–water partition coefficient (Wildman–Crippen LogP) is 5.39. The Morgan fingerprint density at radius 1 is 1.10 bits per heavy atom. The minimum absolute atomic E-state index is 0.391. The SMILES string of the molecule is CC(C)NCc1c(Cl)cccc1Oc1ccccc1Br. The zero-order chi connectivity index (χ0) is 14.5. The van der Waals surface area contributed by atoms with E-state index >= 15 is 0 Å². The Balaban J connectivity index is 2.27. The molecule has 2 aromatic carbocycles. The Kier molecular flexibility index (Phi) is 5.46. The van der Waals surface area contributed by atoms with Crippen LogP contribution in [-0.2, 0) is 6.54 Å². The molecule has 2 rings (SSSR count). The van der Waals surface area contributed by atoms with Crippen LogP contribution < -0.4 is 10.1 Å². The quantitative estimate of drug-likeness (QED) is 0.777. The molecule has 0 aliphatic rings. The smallest absolute Gasteiger partial charge is 0.141 e. The maximum atomic E-state index is 6.29. The topological polar surface area (TPSA) is 21.3 Å². The lowest BCUT2D eigenvalue weighted by atomic mass is 10.2. The van der Waals surface area contributed by atoms with Gasteiger partial charge in [0.05, 0.1) is 4.47 Å². The van der Waals surface area contributed by atoms with Crippen LogP contribution in [0, 0.1) is 0 Å². The molecule has 0 saturated heterocycles. The number of para-hydroxylation sites is 1. The number of benzene rings is 2. The highest BCUT2D eigenvalue weighted by molar-refractivity contribution is 9.10. The zero-order valence-electron chi connectivity index (χ0n) is 11.5. The van der Waals surface area contributed by atoms with Gasteiger partial charge in [0.2, 0.25) is 0 Å². The van der Waals surface area contributed by atoms with E-state index in [0.717, 1.165) is 21.5 Å². The van der Waals surface area contributed by atoms with Gasteiger partial charge in [-0.3, -0.25) is 0 Å². The van der Waals surface area contributed by atoms with Crippen molar-refractivity contribution in [2.75, 3.05) is 0 Å². The summed E-state index contributed by atoms with van der Waals surface area (Å²) in [5.41, 5.74) is 0.971. The van der Waals surface area contributed by atoms with E-state index in [4.69, 9.17) is 16.3 Å². The van der Waals surface area contributed by atoms with E-state index in [9.17, 15) is 0 Å². The van der Waals surface area contributed by atoms with Gasteiger partial charge in [0.25, 0.3) is 0 Å². The Hall–Kier alpha value is -1.03. The second-order valence-corrected chi connectivity index (χ2v) is 6.05. The third-order valence-electron chi connectivity index (χ3n) is 2.82. The van der Waals surface area contributed by atoms with E-state index in [2.05, 4.69) is 35.1 Å². The molecule has 0 bridgehead atoms. The Morgan fingerprint density at radius 2 is 1.80 bits per heavy atom. The van der Waals surface area contributed by atoms with Gasteiger partial charge < -0.3 is 10.1 Å². The highest BCUT2D eigenvalue weighted by Gasteiger charge is 2.11. The maximum Gasteiger partial charge on any atom is 0.141 e. The lowest BCUT2D eigenvalue weighted by molar-refractivity contribution is 0.467. The summed E-state index contributed by atoms with van der Waals surface area (Å²) in [6.45, 7) is 4.88. The van der Waals surface area contributed by atoms with Crippen molar-refractivity contribution in [3.05, 3.63) is 57.5 Å². The number of rotatable bonds is 5. The van der Waals surface area contributed by atoms with Gasteiger partial charge in [0, 0.05) is 23.2 Å². The molecule has 0 unspecified atom stereocenters. The van der Waals surface area contributed by atoms with E-state index in [1.165, 1.54) is 0 Å². The molecule has 2 aromatic rings. The van der Waals surface area contributed by atoms with Crippen LogP contribution in [0.4, 0.5) is 0 Å². The average molecular weight is 355 g/mol. The van der Waals surface area contributed by atoms with Gasteiger partial charge in [0.15, 0.2) is 0 Å². The number of halogens is 2. The highest BCUT2D eigenvalue weighted by atomic mass is 79.9. The van der Waals surface area contributed by atoms with Gasteiger partial charge in [0.1, 0.15) is 11.5 Å². The lowest BCUT2D eigenvalue weighted by Crippen LogP contribution is -2.22. The van der Waals surface area contributed by atoms with E-state index < -0.39 is 0 Å². The summed E-state index contributed by atoms with van der Waals surface area (Å²) in [7, 11) is 0. The van der Waals surface area contributed by atoms with Gasteiger partial charge in [-0.15, -0.1) is 0 Å². The van der Waals surface area contributed by atoms with Crippen molar-refractivity contribution >= 4 is 27.5 Å². The van der Waals surface area contributed by atoms with Crippen molar-refractivity contribution < 1.29 is 4.74 Å². The molecule has 0 saturated carbocycles. The maximum absolute atomic E-state index is 6.29. The molecule has 20 heavy (non-hydrogen) atoms. The van der Waals surface area contributed by atoms with Crippen LogP contribution in [0.5, 0.6) is 11.5 Å². The second kappa shape index (κ2) is 7.11. The van der Waals surface area contributed by atoms with Crippen LogP contribution in [-0.4, -0.2) is 6.04 Å². The molecule has 0 aliphatic heterocycles. The normalized spacial score (nSPS) is 10.8. The fraction of sp³-hybridized carbons (Fsp3) is 0.250. The molecule has 0 atom stereocenters. The van der Waals surface area contributed by atoms with Crippen LogP contribution in [0.2, 0.25) is 5.02 Å². The molecular weight excluding hydrogens is 338 g/mol. The molecule has 0 amide bonds. The van der Waals surface area contributed by atoms with Gasteiger partial charge in [-0.1, -0.05) is 43.6 Å². The van der Waals surface area contributed by atoms with Crippen molar-refractivity contribution in [1.82, 2.24) is 5.32 Å². The zero-order valence-corrected chi connectivity index (χ0v) is 13.8. The van der Waals surface area contributed by atoms with Crippen LogP contribution in [0.1, 0.15) is 19.4 Å². The standard InChI is InChI=1S/C16H17BrClNO/c1-11(2)19-10-12-14(18)7-5-9-15(12)20-16-8-4-3-6-13(16)17/h3-9,11,19H,10H2,1-2H3. The summed E-state index contributed by atoms with van der Waals surface area (Å²) in [6.07, 6.45) is 0. The summed E-state index contributed by atoms with van der Waals surface area (Å²) in [4.78, 5) is 0. The molecule has 0 spiro atoms. The summed E-state index contributed by atoms with van der Waals surface area (Å²) in [6, 6.07) is 13.9. The number of hydrogen-bond donors (Lipinski definition) is 1. The first-order chi connectivity index (χ1) is 9.58. The number of nitrogens with one attached hydrogen (secondary N) is 1. The minimum Gasteiger partial charge on any atom is -0.456 e. The molecule has 2 nitrogen and oxygen atoms in total. The van der Waals surface area contributed by atoms with E-state index in [1.807, 2.05) is 42.5 Å². The van der Waals surface area contributed by atoms with E-state index in [0.29, 0.717) is 17.6 Å². The summed E-state index contributed by atoms with van der Waals surface area (Å²) >= 11 is 9.77. The molecule has 0 heterocycles. The third kappa shape index (κ3) is 3.98. The van der Waals surface area contributed by atoms with Crippen molar-refractivity contribution in [2.24, 2.45) is 0 Å². The number of ether oxygens (including phenoxy) is 1. The largest absolute Gasteiger partial charge is 0.456 e. The second-order valence-electron chi connectivity index (χ2n) is 4.78. The first kappa shape index (κ1) is 15.4. The predicted molar refractivity (Wildman–Crippen MR) is 87.6 cm³/mol. The van der Waals surface area contributed by atoms with Crippen molar-refractivity contribution in [3.8, 4) is 11.5 Å². The Labute approximate surface area is 133 Å². The summed E-state index contributed by atoms with van der Waals surface area (Å²) in [5, 5.41) is 4.08. The van der Waals surface area contributed by atoms with Gasteiger partial charge in [-0.2, -0.15) is 0 Å². The molecule has 4 heteroatoms. The fourth-order valence-corrected chi connectivity index (χ4v) is 2.36. The molecule has 1 N–H and O–H groups in total. The fourth-order valence-electron chi connectivity index (χ4n) is 1.76. The monoisotopic (exact) mass is 353 g/mol. The average Bonchev–Trinajstić information content (AvgIpc) is 2.40. The van der Waals surface area contributed by atoms with Crippen molar-refractivity contribution in [2.45, 2.75) is 26.4 Å². The third-order valence-corrected chi connectivity index (χ3v) is 3.83. The van der Waals surface area contributed by atoms with Crippen molar-refractivity contribution in [1.29, 1.82) is 0 Å². The summed E-state index contributed by atoms with van der Waals surface area (Å²) in [5.74, 6) is 1.55. The minimum atomic E-state index is 0.391. The molecule has 0 aliphatic carbocycles. The Morgan fingerprint density at radius 3 is 2.50 bits per heavy atom. The lowest BCUT2D eigenvalue weighted by Gasteiger charge is -2.15. The van der Waals surface area contributed by atoms with Crippen LogP contribution in [0.15, 0.2) is 46.9 Å².